The number of anilines is 1. The fourth-order valence-electron chi connectivity index (χ4n) is 1.92. The van der Waals surface area contributed by atoms with Gasteiger partial charge in [0, 0.05) is 19.7 Å². The molecule has 1 aromatic rings. The van der Waals surface area contributed by atoms with E-state index in [2.05, 4.69) is 28.7 Å². The highest BCUT2D eigenvalue weighted by atomic mass is 35.5. The Balaban J connectivity index is 3.03. The molecule has 4 nitrogen and oxygen atoms in total. The smallest absolute Gasteiger partial charge is 0.224 e. The van der Waals surface area contributed by atoms with Crippen molar-refractivity contribution in [2.24, 2.45) is 0 Å². The van der Waals surface area contributed by atoms with Crippen LogP contribution in [0.5, 0.6) is 0 Å². The Labute approximate surface area is 118 Å². The number of hydrogen-bond donors (Lipinski definition) is 0. The molecule has 0 saturated heterocycles. The van der Waals surface area contributed by atoms with E-state index in [1.54, 1.807) is 7.11 Å². The summed E-state index contributed by atoms with van der Waals surface area (Å²) in [6.07, 6.45) is 3.56. The molecule has 1 heterocycles. The van der Waals surface area contributed by atoms with Gasteiger partial charge in [-0.1, -0.05) is 25.4 Å². The molecular formula is C12H19Cl2N3O. The van der Waals surface area contributed by atoms with E-state index in [1.807, 2.05) is 0 Å². The fraction of sp³-hybridized carbons (Fsp3) is 0.667. The van der Waals surface area contributed by atoms with E-state index >= 15 is 0 Å². The molecule has 18 heavy (non-hydrogen) atoms. The van der Waals surface area contributed by atoms with Gasteiger partial charge in [-0.2, -0.15) is 4.98 Å². The Kier molecular flexibility index (Phi) is 6.68. The molecule has 0 saturated carbocycles. The maximum Gasteiger partial charge on any atom is 0.224 e. The number of rotatable bonds is 7. The second-order valence-corrected chi connectivity index (χ2v) is 4.71. The lowest BCUT2D eigenvalue weighted by Gasteiger charge is -2.31. The van der Waals surface area contributed by atoms with Crippen molar-refractivity contribution in [1.82, 2.24) is 9.97 Å². The Morgan fingerprint density at radius 2 is 2.00 bits per heavy atom. The summed E-state index contributed by atoms with van der Waals surface area (Å²) >= 11 is 12.0. The third-order valence-electron chi connectivity index (χ3n) is 2.89. The van der Waals surface area contributed by atoms with Gasteiger partial charge < -0.3 is 9.64 Å². The van der Waals surface area contributed by atoms with Gasteiger partial charge in [-0.25, -0.2) is 4.98 Å². The van der Waals surface area contributed by atoms with Crippen LogP contribution in [0.15, 0.2) is 6.20 Å². The quantitative estimate of drug-likeness (QED) is 0.722. The number of halogens is 2. The molecule has 0 fully saturated rings. The first-order valence-corrected chi connectivity index (χ1v) is 6.83. The number of hydrogen-bond acceptors (Lipinski definition) is 4. The van der Waals surface area contributed by atoms with Gasteiger partial charge in [0.1, 0.15) is 5.02 Å². The Bertz CT molecular complexity index is 372. The highest BCUT2D eigenvalue weighted by Crippen LogP contribution is 2.27. The van der Waals surface area contributed by atoms with Gasteiger partial charge in [0.25, 0.3) is 0 Å². The molecular weight excluding hydrogens is 273 g/mol. The minimum Gasteiger partial charge on any atom is -0.383 e. The molecule has 0 N–H and O–H groups in total. The second kappa shape index (κ2) is 7.77. The molecule has 0 aliphatic heterocycles. The molecule has 0 unspecified atom stereocenters. The highest BCUT2D eigenvalue weighted by molar-refractivity contribution is 6.33. The molecule has 0 aliphatic rings. The maximum absolute atomic E-state index is 6.16. The van der Waals surface area contributed by atoms with Gasteiger partial charge in [-0.15, -0.1) is 0 Å². The van der Waals surface area contributed by atoms with Crippen LogP contribution < -0.4 is 4.90 Å². The van der Waals surface area contributed by atoms with Crippen LogP contribution in [-0.4, -0.2) is 36.3 Å². The number of nitrogens with zero attached hydrogens (tertiary/aromatic N) is 3. The minimum absolute atomic E-state index is 0.211. The van der Waals surface area contributed by atoms with Crippen molar-refractivity contribution in [2.75, 3.05) is 25.2 Å². The zero-order valence-electron chi connectivity index (χ0n) is 11.0. The van der Waals surface area contributed by atoms with Crippen molar-refractivity contribution >= 4 is 29.0 Å². The summed E-state index contributed by atoms with van der Waals surface area (Å²) in [4.78, 5) is 10.3. The number of aromatic nitrogens is 2. The summed E-state index contributed by atoms with van der Waals surface area (Å²) in [6.45, 7) is 5.64. The third kappa shape index (κ3) is 3.97. The van der Waals surface area contributed by atoms with Gasteiger partial charge in [0.05, 0.1) is 12.8 Å². The van der Waals surface area contributed by atoms with Crippen molar-refractivity contribution in [1.29, 1.82) is 0 Å². The summed E-state index contributed by atoms with van der Waals surface area (Å²) in [5.74, 6) is 0.683. The van der Waals surface area contributed by atoms with Crippen LogP contribution in [0, 0.1) is 0 Å². The monoisotopic (exact) mass is 291 g/mol. The lowest BCUT2D eigenvalue weighted by Crippen LogP contribution is -2.38. The van der Waals surface area contributed by atoms with Crippen molar-refractivity contribution in [3.63, 3.8) is 0 Å². The first kappa shape index (κ1) is 15.5. The molecule has 0 atom stereocenters. The van der Waals surface area contributed by atoms with Crippen LogP contribution >= 0.6 is 23.2 Å². The van der Waals surface area contributed by atoms with Crippen LogP contribution in [-0.2, 0) is 4.74 Å². The van der Waals surface area contributed by atoms with E-state index in [4.69, 9.17) is 27.9 Å². The predicted octanol–water partition coefficient (Wildman–Crippen LogP) is 3.42. The van der Waals surface area contributed by atoms with Crippen LogP contribution in [0.25, 0.3) is 0 Å². The first-order valence-electron chi connectivity index (χ1n) is 6.07. The van der Waals surface area contributed by atoms with Crippen molar-refractivity contribution in [3.05, 3.63) is 16.5 Å². The maximum atomic E-state index is 6.16. The van der Waals surface area contributed by atoms with E-state index in [0.717, 1.165) is 19.4 Å². The summed E-state index contributed by atoms with van der Waals surface area (Å²) in [7, 11) is 1.68. The zero-order valence-corrected chi connectivity index (χ0v) is 12.5. The highest BCUT2D eigenvalue weighted by Gasteiger charge is 2.20. The average molecular weight is 292 g/mol. The number of methoxy groups -OCH3 is 1. The predicted molar refractivity (Wildman–Crippen MR) is 75.6 cm³/mol. The number of ether oxygens (including phenoxy) is 1. The Morgan fingerprint density at radius 3 is 2.56 bits per heavy atom. The van der Waals surface area contributed by atoms with Crippen LogP contribution in [0.1, 0.15) is 26.7 Å². The fourth-order valence-corrected chi connectivity index (χ4v) is 2.25. The molecule has 0 amide bonds. The SMILES string of the molecule is CCC(CC)N(CCOC)c1nc(Cl)ncc1Cl. The standard InChI is InChI=1S/C12H19Cl2N3O/c1-4-9(5-2)17(6-7-18-3)11-10(13)8-15-12(14)16-11/h8-9H,4-7H2,1-3H3. The Morgan fingerprint density at radius 1 is 1.33 bits per heavy atom. The van der Waals surface area contributed by atoms with Gasteiger partial charge in [-0.3, -0.25) is 0 Å². The lowest BCUT2D eigenvalue weighted by atomic mass is 10.1. The summed E-state index contributed by atoms with van der Waals surface area (Å²) in [6, 6.07) is 0.364. The van der Waals surface area contributed by atoms with Crippen LogP contribution in [0.4, 0.5) is 5.82 Å². The molecule has 1 aromatic heterocycles. The third-order valence-corrected chi connectivity index (χ3v) is 3.34. The van der Waals surface area contributed by atoms with E-state index in [9.17, 15) is 0 Å². The zero-order chi connectivity index (χ0) is 13.5. The van der Waals surface area contributed by atoms with Gasteiger partial charge in [-0.05, 0) is 24.4 Å². The molecule has 6 heteroatoms. The molecule has 0 bridgehead atoms. The molecule has 1 rings (SSSR count). The van der Waals surface area contributed by atoms with Gasteiger partial charge in [0.15, 0.2) is 5.82 Å². The molecule has 0 radical (unpaired) electrons. The average Bonchev–Trinajstić information content (AvgIpc) is 2.38. The molecule has 102 valence electrons. The summed E-state index contributed by atoms with van der Waals surface area (Å²) < 4.78 is 5.14. The molecule has 0 spiro atoms. The summed E-state index contributed by atoms with van der Waals surface area (Å²) in [5, 5.41) is 0.727. The lowest BCUT2D eigenvalue weighted by molar-refractivity contribution is 0.202. The van der Waals surface area contributed by atoms with E-state index < -0.39 is 0 Å². The van der Waals surface area contributed by atoms with Gasteiger partial charge >= 0.3 is 0 Å². The van der Waals surface area contributed by atoms with E-state index in [1.165, 1.54) is 6.20 Å². The minimum atomic E-state index is 0.211. The molecule has 0 aromatic carbocycles. The summed E-state index contributed by atoms with van der Waals surface area (Å²) in [5.41, 5.74) is 0. The molecule has 0 aliphatic carbocycles. The van der Waals surface area contributed by atoms with Gasteiger partial charge in [0.2, 0.25) is 5.28 Å². The Hall–Kier alpha value is -0.580. The van der Waals surface area contributed by atoms with E-state index in [-0.39, 0.29) is 5.28 Å². The van der Waals surface area contributed by atoms with Crippen molar-refractivity contribution in [2.45, 2.75) is 32.7 Å². The van der Waals surface area contributed by atoms with Crippen molar-refractivity contribution in [3.8, 4) is 0 Å². The van der Waals surface area contributed by atoms with Crippen LogP contribution in [0.3, 0.4) is 0 Å². The van der Waals surface area contributed by atoms with Crippen molar-refractivity contribution < 1.29 is 4.74 Å². The van der Waals surface area contributed by atoms with E-state index in [0.29, 0.717) is 23.5 Å². The normalized spacial score (nSPS) is 11.0. The second-order valence-electron chi connectivity index (χ2n) is 3.97. The van der Waals surface area contributed by atoms with Crippen LogP contribution in [0.2, 0.25) is 10.3 Å². The topological polar surface area (TPSA) is 38.2 Å². The largest absolute Gasteiger partial charge is 0.383 e. The first-order chi connectivity index (χ1) is 8.63.